The predicted octanol–water partition coefficient (Wildman–Crippen LogP) is 4.51. The Hall–Kier alpha value is -3.48. The monoisotopic (exact) mass is 411 g/mol. The van der Waals surface area contributed by atoms with E-state index in [9.17, 15) is 9.90 Å². The second-order valence-electron chi connectivity index (χ2n) is 6.87. The molecule has 0 radical (unpaired) electrons. The lowest BCUT2D eigenvalue weighted by Gasteiger charge is -2.25. The molecule has 2 heterocycles. The summed E-state index contributed by atoms with van der Waals surface area (Å²) in [5.74, 6) is 0.349. The quantitative estimate of drug-likeness (QED) is 0.395. The minimum Gasteiger partial charge on any atom is -0.361 e. The van der Waals surface area contributed by atoms with Gasteiger partial charge in [0.05, 0.1) is 4.91 Å². The number of allylic oxidation sites excluding steroid dienone is 1. The molecule has 0 spiro atoms. The van der Waals surface area contributed by atoms with Gasteiger partial charge in [0.2, 0.25) is 5.72 Å². The van der Waals surface area contributed by atoms with Gasteiger partial charge < -0.3 is 5.11 Å². The van der Waals surface area contributed by atoms with Crippen LogP contribution in [-0.2, 0) is 5.72 Å². The van der Waals surface area contributed by atoms with Gasteiger partial charge in [-0.2, -0.15) is 4.68 Å². The van der Waals surface area contributed by atoms with Gasteiger partial charge in [0.1, 0.15) is 0 Å². The second-order valence-corrected chi connectivity index (χ2v) is 7.88. The first-order chi connectivity index (χ1) is 14.7. The van der Waals surface area contributed by atoms with E-state index >= 15 is 0 Å². The smallest absolute Gasteiger partial charge is 0.220 e. The minimum atomic E-state index is -1.61. The Morgan fingerprint density at radius 3 is 2.17 bits per heavy atom. The van der Waals surface area contributed by atoms with Crippen LogP contribution in [0.25, 0.3) is 11.4 Å². The second kappa shape index (κ2) is 7.40. The average Bonchev–Trinajstić information content (AvgIpc) is 3.34. The molecule has 1 N–H and O–H groups in total. The fraction of sp³-hybridized carbons (Fsp3) is 0.0417. The molecule has 5 rings (SSSR count). The van der Waals surface area contributed by atoms with E-state index in [1.807, 2.05) is 78.9 Å². The highest BCUT2D eigenvalue weighted by atomic mass is 32.2. The van der Waals surface area contributed by atoms with Gasteiger partial charge in [-0.1, -0.05) is 91.0 Å². The molecule has 1 aliphatic rings. The van der Waals surface area contributed by atoms with Crippen molar-refractivity contribution in [3.05, 3.63) is 113 Å². The molecule has 30 heavy (non-hydrogen) atoms. The van der Waals surface area contributed by atoms with E-state index in [0.29, 0.717) is 27.0 Å². The molecule has 0 saturated heterocycles. The van der Waals surface area contributed by atoms with Gasteiger partial charge in [-0.05, 0) is 11.8 Å². The number of hydrogen-bond donors (Lipinski definition) is 1. The number of aromatic nitrogens is 3. The zero-order valence-corrected chi connectivity index (χ0v) is 16.7. The topological polar surface area (TPSA) is 68.0 Å². The lowest BCUT2D eigenvalue weighted by Crippen LogP contribution is -2.34. The zero-order valence-electron chi connectivity index (χ0n) is 15.8. The van der Waals surface area contributed by atoms with Crippen LogP contribution in [0.4, 0.5) is 0 Å². The predicted molar refractivity (Wildman–Crippen MR) is 116 cm³/mol. The molecule has 0 amide bonds. The first-order valence-electron chi connectivity index (χ1n) is 9.46. The van der Waals surface area contributed by atoms with Gasteiger partial charge in [0.15, 0.2) is 16.8 Å². The Labute approximate surface area is 177 Å². The van der Waals surface area contributed by atoms with Gasteiger partial charge in [-0.15, -0.1) is 5.10 Å². The van der Waals surface area contributed by atoms with Crippen molar-refractivity contribution < 1.29 is 9.90 Å². The average molecular weight is 411 g/mol. The van der Waals surface area contributed by atoms with Crippen molar-refractivity contribution in [3.63, 3.8) is 0 Å². The lowest BCUT2D eigenvalue weighted by atomic mass is 10.0. The molecule has 0 aliphatic carbocycles. The molecule has 0 unspecified atom stereocenters. The molecule has 6 heteroatoms. The van der Waals surface area contributed by atoms with Crippen molar-refractivity contribution >= 4 is 17.5 Å². The summed E-state index contributed by atoms with van der Waals surface area (Å²) < 4.78 is 1.50. The third-order valence-electron chi connectivity index (χ3n) is 4.96. The molecule has 1 aromatic heterocycles. The Morgan fingerprint density at radius 1 is 0.900 bits per heavy atom. The molecular weight excluding hydrogens is 394 g/mol. The molecular formula is C24H17N3O2S. The summed E-state index contributed by atoms with van der Waals surface area (Å²) in [5, 5.41) is 17.0. The Balaban J connectivity index is 1.63. The van der Waals surface area contributed by atoms with E-state index in [1.165, 1.54) is 22.5 Å². The van der Waals surface area contributed by atoms with Crippen LogP contribution >= 0.6 is 11.8 Å². The van der Waals surface area contributed by atoms with Crippen LogP contribution in [0.5, 0.6) is 0 Å². The van der Waals surface area contributed by atoms with E-state index in [4.69, 9.17) is 0 Å². The standard InChI is InChI=1S/C24H17N3O2S/c28-20(17-10-4-1-5-11-17)16-21-24(29,19-14-8-3-9-15-19)27-23(30-21)25-22(26-27)18-12-6-2-7-13-18/h1-16,29H/b21-16-/t24-/m1/s1. The number of carbonyl (C=O) groups excluding carboxylic acids is 1. The summed E-state index contributed by atoms with van der Waals surface area (Å²) in [4.78, 5) is 17.9. The summed E-state index contributed by atoms with van der Waals surface area (Å²) >= 11 is 1.26. The summed E-state index contributed by atoms with van der Waals surface area (Å²) in [6.45, 7) is 0. The Morgan fingerprint density at radius 2 is 1.50 bits per heavy atom. The lowest BCUT2D eigenvalue weighted by molar-refractivity contribution is 0.0360. The Bertz CT molecular complexity index is 1240. The van der Waals surface area contributed by atoms with E-state index in [0.717, 1.165) is 5.56 Å². The number of rotatable bonds is 4. The van der Waals surface area contributed by atoms with Gasteiger partial charge in [-0.25, -0.2) is 4.98 Å². The van der Waals surface area contributed by atoms with Crippen LogP contribution in [-0.4, -0.2) is 25.7 Å². The van der Waals surface area contributed by atoms with Gasteiger partial charge in [0, 0.05) is 22.8 Å². The number of fused-ring (bicyclic) bond motifs is 1. The van der Waals surface area contributed by atoms with E-state index in [1.54, 1.807) is 12.1 Å². The zero-order chi connectivity index (χ0) is 20.6. The van der Waals surface area contributed by atoms with Crippen molar-refractivity contribution in [2.75, 3.05) is 0 Å². The summed E-state index contributed by atoms with van der Waals surface area (Å²) in [6.07, 6.45) is 1.48. The van der Waals surface area contributed by atoms with Crippen LogP contribution in [0.2, 0.25) is 0 Å². The third-order valence-corrected chi connectivity index (χ3v) is 6.03. The van der Waals surface area contributed by atoms with Crippen molar-refractivity contribution in [2.24, 2.45) is 0 Å². The molecule has 4 aromatic rings. The Kier molecular flexibility index (Phi) is 4.58. The molecule has 5 nitrogen and oxygen atoms in total. The number of ketones is 1. The highest BCUT2D eigenvalue weighted by molar-refractivity contribution is 8.03. The maximum Gasteiger partial charge on any atom is 0.220 e. The van der Waals surface area contributed by atoms with Crippen LogP contribution in [0.1, 0.15) is 15.9 Å². The maximum atomic E-state index is 12.8. The molecule has 3 aromatic carbocycles. The number of benzene rings is 3. The summed E-state index contributed by atoms with van der Waals surface area (Å²) in [5.41, 5.74) is 0.434. The minimum absolute atomic E-state index is 0.179. The van der Waals surface area contributed by atoms with E-state index in [-0.39, 0.29) is 5.78 Å². The SMILES string of the molecule is O=C(/C=C1\Sc2nc(-c3ccccc3)nn2[C@@]1(O)c1ccccc1)c1ccccc1. The molecule has 1 atom stereocenters. The highest BCUT2D eigenvalue weighted by Gasteiger charge is 2.46. The fourth-order valence-corrected chi connectivity index (χ4v) is 4.53. The van der Waals surface area contributed by atoms with Crippen molar-refractivity contribution in [1.82, 2.24) is 14.8 Å². The number of carbonyl (C=O) groups is 1. The molecule has 0 fully saturated rings. The maximum absolute atomic E-state index is 12.8. The molecule has 1 aliphatic heterocycles. The third kappa shape index (κ3) is 3.07. The summed E-state index contributed by atoms with van der Waals surface area (Å²) in [6, 6.07) is 27.8. The van der Waals surface area contributed by atoms with Crippen molar-refractivity contribution in [1.29, 1.82) is 0 Å². The number of nitrogens with zero attached hydrogens (tertiary/aromatic N) is 3. The van der Waals surface area contributed by atoms with E-state index in [2.05, 4.69) is 10.1 Å². The number of thioether (sulfide) groups is 1. The van der Waals surface area contributed by atoms with Crippen LogP contribution in [0.15, 0.2) is 107 Å². The molecule has 146 valence electrons. The van der Waals surface area contributed by atoms with Gasteiger partial charge in [0.25, 0.3) is 0 Å². The number of aliphatic hydroxyl groups is 1. The van der Waals surface area contributed by atoms with Gasteiger partial charge in [-0.3, -0.25) is 4.79 Å². The van der Waals surface area contributed by atoms with Crippen LogP contribution < -0.4 is 0 Å². The first-order valence-corrected chi connectivity index (χ1v) is 10.3. The number of hydrogen-bond acceptors (Lipinski definition) is 5. The molecule has 0 bridgehead atoms. The largest absolute Gasteiger partial charge is 0.361 e. The van der Waals surface area contributed by atoms with Crippen molar-refractivity contribution in [2.45, 2.75) is 10.9 Å². The summed E-state index contributed by atoms with van der Waals surface area (Å²) in [7, 11) is 0. The fourth-order valence-electron chi connectivity index (χ4n) is 3.43. The van der Waals surface area contributed by atoms with Crippen LogP contribution in [0.3, 0.4) is 0 Å². The molecule has 0 saturated carbocycles. The van der Waals surface area contributed by atoms with E-state index < -0.39 is 5.72 Å². The normalized spacial score (nSPS) is 19.0. The highest BCUT2D eigenvalue weighted by Crippen LogP contribution is 2.49. The van der Waals surface area contributed by atoms with Crippen molar-refractivity contribution in [3.8, 4) is 11.4 Å². The van der Waals surface area contributed by atoms with Crippen LogP contribution in [0, 0.1) is 0 Å². The van der Waals surface area contributed by atoms with Gasteiger partial charge >= 0.3 is 0 Å². The first kappa shape index (κ1) is 18.5.